The Morgan fingerprint density at radius 3 is 3.00 bits per heavy atom. The topological polar surface area (TPSA) is 42.0 Å². The van der Waals surface area contributed by atoms with Gasteiger partial charge in [-0.05, 0) is 37.9 Å². The number of carbonyl (C=O) groups excluding carboxylic acids is 1. The Hall–Kier alpha value is -1.74. The Balaban J connectivity index is 2.06. The van der Waals surface area contributed by atoms with Crippen molar-refractivity contribution in [3.63, 3.8) is 0 Å². The number of hydrogen-bond donors (Lipinski definition) is 1. The summed E-state index contributed by atoms with van der Waals surface area (Å²) < 4.78 is 0. The van der Waals surface area contributed by atoms with Crippen LogP contribution in [-0.2, 0) is 0 Å². The van der Waals surface area contributed by atoms with Crippen molar-refractivity contribution in [2.45, 2.75) is 32.6 Å². The van der Waals surface area contributed by atoms with E-state index < -0.39 is 0 Å². The van der Waals surface area contributed by atoms with E-state index in [1.807, 2.05) is 30.3 Å². The first-order valence-corrected chi connectivity index (χ1v) is 7.86. The molecule has 0 radical (unpaired) electrons. The number of ketones is 1. The molecule has 0 spiro atoms. The first-order chi connectivity index (χ1) is 10.3. The summed E-state index contributed by atoms with van der Waals surface area (Å²) in [7, 11) is 0. The van der Waals surface area contributed by atoms with Crippen LogP contribution in [0.4, 0.5) is 0 Å². The second kappa shape index (κ2) is 5.94. The fourth-order valence-corrected chi connectivity index (χ4v) is 3.55. The monoisotopic (exact) mass is 282 g/mol. The number of piperidine rings is 1. The highest BCUT2D eigenvalue weighted by Gasteiger charge is 2.39. The standard InChI is InChI=1S/C18H22N2O/c1-2-9-18(10-5-11-19-13-18)17(21)15-6-3-8-16-14(15)7-4-12-20-16/h3-4,6-8,12,19H,2,5,9-11,13H2,1H3. The highest BCUT2D eigenvalue weighted by Crippen LogP contribution is 2.36. The van der Waals surface area contributed by atoms with Crippen LogP contribution in [0.1, 0.15) is 43.0 Å². The number of aromatic nitrogens is 1. The van der Waals surface area contributed by atoms with Gasteiger partial charge in [0.25, 0.3) is 0 Å². The van der Waals surface area contributed by atoms with E-state index in [2.05, 4.69) is 17.2 Å². The second-order valence-electron chi connectivity index (χ2n) is 6.02. The van der Waals surface area contributed by atoms with Crippen molar-refractivity contribution in [1.82, 2.24) is 10.3 Å². The first-order valence-electron chi connectivity index (χ1n) is 7.86. The highest BCUT2D eigenvalue weighted by atomic mass is 16.1. The van der Waals surface area contributed by atoms with Crippen LogP contribution < -0.4 is 5.32 Å². The van der Waals surface area contributed by atoms with Crippen LogP contribution in [0.25, 0.3) is 10.9 Å². The molecule has 1 aliphatic rings. The Morgan fingerprint density at radius 2 is 2.24 bits per heavy atom. The Labute approximate surface area is 125 Å². The van der Waals surface area contributed by atoms with E-state index >= 15 is 0 Å². The molecular formula is C18H22N2O. The Morgan fingerprint density at radius 1 is 1.33 bits per heavy atom. The van der Waals surface area contributed by atoms with Gasteiger partial charge in [0, 0.05) is 29.1 Å². The number of rotatable bonds is 4. The molecular weight excluding hydrogens is 260 g/mol. The molecule has 21 heavy (non-hydrogen) atoms. The summed E-state index contributed by atoms with van der Waals surface area (Å²) in [4.78, 5) is 17.6. The van der Waals surface area contributed by atoms with Crippen LogP contribution in [0.5, 0.6) is 0 Å². The summed E-state index contributed by atoms with van der Waals surface area (Å²) in [6.45, 7) is 3.99. The average molecular weight is 282 g/mol. The van der Waals surface area contributed by atoms with Crippen LogP contribution in [0.3, 0.4) is 0 Å². The van der Waals surface area contributed by atoms with Crippen LogP contribution in [-0.4, -0.2) is 23.9 Å². The molecule has 1 N–H and O–H groups in total. The summed E-state index contributed by atoms with van der Waals surface area (Å²) >= 11 is 0. The van der Waals surface area contributed by atoms with Crippen molar-refractivity contribution in [2.24, 2.45) is 5.41 Å². The van der Waals surface area contributed by atoms with Crippen LogP contribution in [0.15, 0.2) is 36.5 Å². The second-order valence-corrected chi connectivity index (χ2v) is 6.02. The molecule has 1 aliphatic heterocycles. The minimum Gasteiger partial charge on any atom is -0.316 e. The van der Waals surface area contributed by atoms with E-state index in [9.17, 15) is 4.79 Å². The number of benzene rings is 1. The third-order valence-electron chi connectivity index (χ3n) is 4.57. The van der Waals surface area contributed by atoms with Crippen LogP contribution >= 0.6 is 0 Å². The molecule has 1 atom stereocenters. The van der Waals surface area contributed by atoms with E-state index in [-0.39, 0.29) is 11.2 Å². The molecule has 2 aromatic rings. The number of fused-ring (bicyclic) bond motifs is 1. The number of pyridine rings is 1. The lowest BCUT2D eigenvalue weighted by Crippen LogP contribution is -2.45. The molecule has 1 aromatic heterocycles. The molecule has 2 heterocycles. The first kappa shape index (κ1) is 14.2. The lowest BCUT2D eigenvalue weighted by molar-refractivity contribution is 0.0720. The molecule has 3 heteroatoms. The minimum atomic E-state index is -0.239. The number of nitrogens with zero attached hydrogens (tertiary/aromatic N) is 1. The van der Waals surface area contributed by atoms with Gasteiger partial charge >= 0.3 is 0 Å². The summed E-state index contributed by atoms with van der Waals surface area (Å²) in [5, 5.41) is 4.40. The highest BCUT2D eigenvalue weighted by molar-refractivity contribution is 6.10. The number of hydrogen-bond acceptors (Lipinski definition) is 3. The fourth-order valence-electron chi connectivity index (χ4n) is 3.55. The molecule has 1 unspecified atom stereocenters. The lowest BCUT2D eigenvalue weighted by atomic mass is 9.71. The van der Waals surface area contributed by atoms with Crippen molar-refractivity contribution >= 4 is 16.7 Å². The number of carbonyl (C=O) groups is 1. The third kappa shape index (κ3) is 2.58. The van der Waals surface area contributed by atoms with Gasteiger partial charge in [0.05, 0.1) is 5.52 Å². The number of nitrogens with one attached hydrogen (secondary N) is 1. The smallest absolute Gasteiger partial charge is 0.170 e. The van der Waals surface area contributed by atoms with E-state index in [4.69, 9.17) is 0 Å². The molecule has 3 rings (SSSR count). The number of Topliss-reactive ketones (excluding diaryl/α,β-unsaturated/α-hetero) is 1. The van der Waals surface area contributed by atoms with E-state index in [0.29, 0.717) is 0 Å². The van der Waals surface area contributed by atoms with E-state index in [1.165, 1.54) is 0 Å². The molecule has 110 valence electrons. The summed E-state index contributed by atoms with van der Waals surface area (Å²) in [6.07, 6.45) is 5.84. The maximum Gasteiger partial charge on any atom is 0.170 e. The van der Waals surface area contributed by atoms with Gasteiger partial charge in [0.1, 0.15) is 0 Å². The Bertz CT molecular complexity index is 634. The molecule has 0 bridgehead atoms. The van der Waals surface area contributed by atoms with Crippen molar-refractivity contribution in [1.29, 1.82) is 0 Å². The third-order valence-corrected chi connectivity index (χ3v) is 4.57. The normalized spacial score (nSPS) is 22.3. The van der Waals surface area contributed by atoms with Gasteiger partial charge < -0.3 is 5.32 Å². The quantitative estimate of drug-likeness (QED) is 0.871. The van der Waals surface area contributed by atoms with Gasteiger partial charge in [-0.2, -0.15) is 0 Å². The summed E-state index contributed by atoms with van der Waals surface area (Å²) in [5.74, 6) is 0.287. The van der Waals surface area contributed by atoms with Gasteiger partial charge in [-0.15, -0.1) is 0 Å². The van der Waals surface area contributed by atoms with Gasteiger partial charge in [0.15, 0.2) is 5.78 Å². The van der Waals surface area contributed by atoms with E-state index in [0.717, 1.165) is 55.2 Å². The average Bonchev–Trinajstić information content (AvgIpc) is 2.55. The zero-order valence-electron chi connectivity index (χ0n) is 12.6. The van der Waals surface area contributed by atoms with Crippen molar-refractivity contribution in [3.05, 3.63) is 42.1 Å². The lowest BCUT2D eigenvalue weighted by Gasteiger charge is -2.36. The van der Waals surface area contributed by atoms with Crippen molar-refractivity contribution in [2.75, 3.05) is 13.1 Å². The Kier molecular flexibility index (Phi) is 4.02. The molecule has 0 saturated carbocycles. The SMILES string of the molecule is CCCC1(C(=O)c2cccc3ncccc23)CCCNC1. The molecule has 1 fully saturated rings. The van der Waals surface area contributed by atoms with Gasteiger partial charge in [-0.3, -0.25) is 9.78 Å². The summed E-state index contributed by atoms with van der Waals surface area (Å²) in [5.41, 5.74) is 1.49. The predicted molar refractivity (Wildman–Crippen MR) is 85.5 cm³/mol. The van der Waals surface area contributed by atoms with Gasteiger partial charge in [0.2, 0.25) is 0 Å². The van der Waals surface area contributed by atoms with Crippen molar-refractivity contribution < 1.29 is 4.79 Å². The van der Waals surface area contributed by atoms with Gasteiger partial charge in [-0.25, -0.2) is 0 Å². The maximum atomic E-state index is 13.3. The van der Waals surface area contributed by atoms with Crippen LogP contribution in [0, 0.1) is 5.41 Å². The molecule has 0 amide bonds. The molecule has 1 saturated heterocycles. The predicted octanol–water partition coefficient (Wildman–Crippen LogP) is 3.59. The molecule has 3 nitrogen and oxygen atoms in total. The minimum absolute atomic E-state index is 0.239. The maximum absolute atomic E-state index is 13.3. The zero-order valence-corrected chi connectivity index (χ0v) is 12.6. The zero-order chi connectivity index (χ0) is 14.7. The van der Waals surface area contributed by atoms with Crippen molar-refractivity contribution in [3.8, 4) is 0 Å². The molecule has 0 aliphatic carbocycles. The molecule has 1 aromatic carbocycles. The summed E-state index contributed by atoms with van der Waals surface area (Å²) in [6, 6.07) is 9.78. The largest absolute Gasteiger partial charge is 0.316 e. The van der Waals surface area contributed by atoms with E-state index in [1.54, 1.807) is 6.20 Å². The van der Waals surface area contributed by atoms with Gasteiger partial charge in [-0.1, -0.05) is 31.5 Å². The van der Waals surface area contributed by atoms with Crippen LogP contribution in [0.2, 0.25) is 0 Å². The fraction of sp³-hybridized carbons (Fsp3) is 0.444.